The average Bonchev–Trinajstić information content (AvgIpc) is 3.23. The lowest BCUT2D eigenvalue weighted by molar-refractivity contribution is -0.0269. The number of aromatic amines is 1. The second-order valence-electron chi connectivity index (χ2n) is 5.48. The third kappa shape index (κ3) is 3.26. The Balaban J connectivity index is 1.71. The highest BCUT2D eigenvalue weighted by Crippen LogP contribution is 2.21. The lowest BCUT2D eigenvalue weighted by Gasteiger charge is -2.31. The second-order valence-corrected chi connectivity index (χ2v) is 5.48. The van der Waals surface area contributed by atoms with Crippen molar-refractivity contribution in [2.45, 2.75) is 39.2 Å². The van der Waals surface area contributed by atoms with Gasteiger partial charge in [0.1, 0.15) is 17.7 Å². The highest BCUT2D eigenvalue weighted by atomic mass is 16.5. The summed E-state index contributed by atoms with van der Waals surface area (Å²) in [6.07, 6.45) is 3.48. The molecular formula is C15H21N5O3. The lowest BCUT2D eigenvalue weighted by atomic mass is 10.2. The highest BCUT2D eigenvalue weighted by molar-refractivity contribution is 5.93. The SMILES string of the molecule is CCCc1nc([C@H]2CN(C(=O)c3ncoc3CC)CCO2)n[nH]1. The molecule has 0 aromatic carbocycles. The van der Waals surface area contributed by atoms with Crippen molar-refractivity contribution < 1.29 is 13.9 Å². The summed E-state index contributed by atoms with van der Waals surface area (Å²) < 4.78 is 11.0. The Bertz CT molecular complexity index is 666. The van der Waals surface area contributed by atoms with Gasteiger partial charge in [-0.25, -0.2) is 9.97 Å². The van der Waals surface area contributed by atoms with E-state index in [1.165, 1.54) is 6.39 Å². The van der Waals surface area contributed by atoms with Crippen LogP contribution in [0.25, 0.3) is 0 Å². The van der Waals surface area contributed by atoms with Crippen LogP contribution in [-0.2, 0) is 17.6 Å². The summed E-state index contributed by atoms with van der Waals surface area (Å²) in [5, 5.41) is 7.14. The minimum absolute atomic E-state index is 0.131. The smallest absolute Gasteiger partial charge is 0.276 e. The maximum absolute atomic E-state index is 12.6. The van der Waals surface area contributed by atoms with Gasteiger partial charge in [-0.05, 0) is 6.42 Å². The van der Waals surface area contributed by atoms with Crippen LogP contribution in [-0.4, -0.2) is 50.7 Å². The van der Waals surface area contributed by atoms with Crippen molar-refractivity contribution in [3.8, 4) is 0 Å². The Morgan fingerprint density at radius 2 is 2.35 bits per heavy atom. The number of morpholine rings is 1. The Hall–Kier alpha value is -2.22. The van der Waals surface area contributed by atoms with Gasteiger partial charge in [-0.2, -0.15) is 5.10 Å². The molecule has 1 saturated heterocycles. The van der Waals surface area contributed by atoms with Gasteiger partial charge in [0.2, 0.25) is 0 Å². The number of hydrogen-bond acceptors (Lipinski definition) is 6. The number of nitrogens with zero attached hydrogens (tertiary/aromatic N) is 4. The van der Waals surface area contributed by atoms with Crippen LogP contribution in [0.5, 0.6) is 0 Å². The normalized spacial score (nSPS) is 18.3. The van der Waals surface area contributed by atoms with E-state index in [-0.39, 0.29) is 12.0 Å². The van der Waals surface area contributed by atoms with Crippen molar-refractivity contribution in [1.29, 1.82) is 0 Å². The number of aromatic nitrogens is 4. The molecule has 3 heterocycles. The minimum atomic E-state index is -0.313. The third-order valence-corrected chi connectivity index (χ3v) is 3.84. The molecule has 0 aliphatic carbocycles. The molecule has 8 heteroatoms. The average molecular weight is 319 g/mol. The molecular weight excluding hydrogens is 298 g/mol. The number of rotatable bonds is 5. The van der Waals surface area contributed by atoms with Crippen LogP contribution in [0.4, 0.5) is 0 Å². The molecule has 0 bridgehead atoms. The zero-order valence-electron chi connectivity index (χ0n) is 13.4. The van der Waals surface area contributed by atoms with Crippen LogP contribution in [0.2, 0.25) is 0 Å². The molecule has 1 N–H and O–H groups in total. The Labute approximate surface area is 134 Å². The fourth-order valence-corrected chi connectivity index (χ4v) is 2.64. The fourth-order valence-electron chi connectivity index (χ4n) is 2.64. The van der Waals surface area contributed by atoms with Gasteiger partial charge in [-0.15, -0.1) is 0 Å². The molecule has 2 aromatic rings. The van der Waals surface area contributed by atoms with Gasteiger partial charge in [-0.3, -0.25) is 9.89 Å². The maximum Gasteiger partial charge on any atom is 0.276 e. The quantitative estimate of drug-likeness (QED) is 0.897. The van der Waals surface area contributed by atoms with E-state index in [4.69, 9.17) is 9.15 Å². The molecule has 0 spiro atoms. The highest BCUT2D eigenvalue weighted by Gasteiger charge is 2.30. The van der Waals surface area contributed by atoms with Crippen molar-refractivity contribution >= 4 is 5.91 Å². The van der Waals surface area contributed by atoms with Gasteiger partial charge in [0, 0.05) is 19.4 Å². The van der Waals surface area contributed by atoms with E-state index in [1.54, 1.807) is 4.90 Å². The van der Waals surface area contributed by atoms with Gasteiger partial charge >= 0.3 is 0 Å². The first-order chi connectivity index (χ1) is 11.2. The second kappa shape index (κ2) is 6.91. The molecule has 1 amide bonds. The zero-order valence-corrected chi connectivity index (χ0v) is 13.4. The van der Waals surface area contributed by atoms with E-state index in [1.807, 2.05) is 6.92 Å². The predicted molar refractivity (Wildman–Crippen MR) is 80.9 cm³/mol. The molecule has 8 nitrogen and oxygen atoms in total. The number of hydrogen-bond donors (Lipinski definition) is 1. The van der Waals surface area contributed by atoms with Crippen LogP contribution < -0.4 is 0 Å². The van der Waals surface area contributed by atoms with Gasteiger partial charge in [-0.1, -0.05) is 13.8 Å². The third-order valence-electron chi connectivity index (χ3n) is 3.84. The summed E-state index contributed by atoms with van der Waals surface area (Å²) in [5.41, 5.74) is 0.384. The summed E-state index contributed by atoms with van der Waals surface area (Å²) in [6, 6.07) is 0. The van der Waals surface area contributed by atoms with E-state index in [9.17, 15) is 4.79 Å². The van der Waals surface area contributed by atoms with E-state index in [0.717, 1.165) is 18.7 Å². The molecule has 0 radical (unpaired) electrons. The number of nitrogens with one attached hydrogen (secondary N) is 1. The fraction of sp³-hybridized carbons (Fsp3) is 0.600. The van der Waals surface area contributed by atoms with Crippen LogP contribution >= 0.6 is 0 Å². The van der Waals surface area contributed by atoms with E-state index >= 15 is 0 Å². The number of amides is 1. The van der Waals surface area contributed by atoms with Crippen LogP contribution in [0.1, 0.15) is 54.3 Å². The van der Waals surface area contributed by atoms with E-state index in [2.05, 4.69) is 27.1 Å². The van der Waals surface area contributed by atoms with Crippen molar-refractivity contribution in [2.75, 3.05) is 19.7 Å². The van der Waals surface area contributed by atoms with Gasteiger partial charge in [0.15, 0.2) is 17.9 Å². The lowest BCUT2D eigenvalue weighted by Crippen LogP contribution is -2.43. The topological polar surface area (TPSA) is 97.1 Å². The van der Waals surface area contributed by atoms with Gasteiger partial charge < -0.3 is 14.1 Å². The summed E-state index contributed by atoms with van der Waals surface area (Å²) in [5.74, 6) is 1.93. The number of carbonyl (C=O) groups is 1. The molecule has 1 aliphatic rings. The number of aryl methyl sites for hydroxylation is 2. The first-order valence-electron chi connectivity index (χ1n) is 7.97. The van der Waals surface area contributed by atoms with Crippen molar-refractivity contribution in [3.05, 3.63) is 29.5 Å². The minimum Gasteiger partial charge on any atom is -0.448 e. The van der Waals surface area contributed by atoms with Crippen molar-refractivity contribution in [1.82, 2.24) is 25.1 Å². The first kappa shape index (κ1) is 15.7. The maximum atomic E-state index is 12.6. The molecule has 0 saturated carbocycles. The molecule has 2 aromatic heterocycles. The number of oxazole rings is 1. The largest absolute Gasteiger partial charge is 0.448 e. The van der Waals surface area contributed by atoms with Crippen molar-refractivity contribution in [2.24, 2.45) is 0 Å². The molecule has 0 unspecified atom stereocenters. The standard InChI is InChI=1S/C15H21N5O3/c1-3-5-12-17-14(19-18-12)11-8-20(6-7-22-11)15(21)13-10(4-2)23-9-16-13/h9,11H,3-8H2,1-2H3,(H,17,18,19)/t11-/m1/s1. The van der Waals surface area contributed by atoms with Crippen LogP contribution in [0, 0.1) is 0 Å². The molecule has 23 heavy (non-hydrogen) atoms. The molecule has 1 fully saturated rings. The Morgan fingerprint density at radius 1 is 1.48 bits per heavy atom. The number of H-pyrrole nitrogens is 1. The summed E-state index contributed by atoms with van der Waals surface area (Å²) >= 11 is 0. The van der Waals surface area contributed by atoms with Gasteiger partial charge in [0.25, 0.3) is 5.91 Å². The van der Waals surface area contributed by atoms with E-state index in [0.29, 0.717) is 43.4 Å². The van der Waals surface area contributed by atoms with Crippen LogP contribution in [0.15, 0.2) is 10.8 Å². The first-order valence-corrected chi connectivity index (χ1v) is 7.97. The number of carbonyl (C=O) groups excluding carboxylic acids is 1. The summed E-state index contributed by atoms with van der Waals surface area (Å²) in [4.78, 5) is 22.9. The monoisotopic (exact) mass is 319 g/mol. The molecule has 1 aliphatic heterocycles. The van der Waals surface area contributed by atoms with Gasteiger partial charge in [0.05, 0.1) is 13.2 Å². The van der Waals surface area contributed by atoms with E-state index < -0.39 is 0 Å². The summed E-state index contributed by atoms with van der Waals surface area (Å²) in [7, 11) is 0. The Morgan fingerprint density at radius 3 is 3.13 bits per heavy atom. The summed E-state index contributed by atoms with van der Waals surface area (Å²) in [6.45, 7) is 5.41. The van der Waals surface area contributed by atoms with Crippen molar-refractivity contribution in [3.63, 3.8) is 0 Å². The predicted octanol–water partition coefficient (Wildman–Crippen LogP) is 1.52. The zero-order chi connectivity index (χ0) is 16.2. The molecule has 3 rings (SSSR count). The molecule has 124 valence electrons. The van der Waals surface area contributed by atoms with Crippen LogP contribution in [0.3, 0.4) is 0 Å². The number of ether oxygens (including phenoxy) is 1. The Kier molecular flexibility index (Phi) is 4.71. The molecule has 1 atom stereocenters.